The van der Waals surface area contributed by atoms with Crippen molar-refractivity contribution in [2.45, 2.75) is 63.2 Å². The van der Waals surface area contributed by atoms with Gasteiger partial charge >= 0.3 is 0 Å². The highest BCUT2D eigenvalue weighted by molar-refractivity contribution is 5.82. The van der Waals surface area contributed by atoms with Gasteiger partial charge in [0.1, 0.15) is 6.17 Å². The van der Waals surface area contributed by atoms with Gasteiger partial charge in [-0.15, -0.1) is 0 Å². The van der Waals surface area contributed by atoms with Crippen molar-refractivity contribution < 1.29 is 9.18 Å². The summed E-state index contributed by atoms with van der Waals surface area (Å²) in [6.07, 6.45) is 5.30. The van der Waals surface area contributed by atoms with E-state index < -0.39 is 12.2 Å². The molecule has 0 aliphatic heterocycles. The fourth-order valence-electron chi connectivity index (χ4n) is 2.36. The van der Waals surface area contributed by atoms with Crippen molar-refractivity contribution in [2.75, 3.05) is 0 Å². The van der Waals surface area contributed by atoms with Crippen LogP contribution in [-0.2, 0) is 4.79 Å². The normalized spacial score (nSPS) is 32.1. The molecule has 1 unspecified atom stereocenters. The largest absolute Gasteiger partial charge is 0.352 e. The lowest BCUT2D eigenvalue weighted by Crippen LogP contribution is -2.43. The maximum absolute atomic E-state index is 12.9. The van der Waals surface area contributed by atoms with Gasteiger partial charge in [-0.3, -0.25) is 4.79 Å². The van der Waals surface area contributed by atoms with Gasteiger partial charge in [-0.25, -0.2) is 4.39 Å². The Kier molecular flexibility index (Phi) is 3.79. The summed E-state index contributed by atoms with van der Waals surface area (Å²) in [4.78, 5) is 11.6. The van der Waals surface area contributed by atoms with Gasteiger partial charge in [-0.1, -0.05) is 0 Å². The summed E-state index contributed by atoms with van der Waals surface area (Å²) in [6, 6.07) is -0.0260. The second kappa shape index (κ2) is 5.13. The SMILES string of the molecule is NC(CC1CCC(F)CC1)C(=O)NC1CC1. The zero-order valence-electron chi connectivity index (χ0n) is 9.62. The lowest BCUT2D eigenvalue weighted by atomic mass is 9.84. The molecule has 2 saturated carbocycles. The van der Waals surface area contributed by atoms with Crippen LogP contribution in [0.1, 0.15) is 44.9 Å². The molecule has 0 spiro atoms. The molecule has 2 rings (SSSR count). The monoisotopic (exact) mass is 228 g/mol. The Morgan fingerprint density at radius 3 is 2.44 bits per heavy atom. The minimum Gasteiger partial charge on any atom is -0.352 e. The topological polar surface area (TPSA) is 55.1 Å². The number of hydrogen-bond donors (Lipinski definition) is 2. The van der Waals surface area contributed by atoms with Gasteiger partial charge in [0.05, 0.1) is 6.04 Å². The van der Waals surface area contributed by atoms with Gasteiger partial charge in [0, 0.05) is 6.04 Å². The zero-order chi connectivity index (χ0) is 11.5. The van der Waals surface area contributed by atoms with E-state index in [0.717, 1.165) is 25.7 Å². The number of halogens is 1. The number of nitrogens with two attached hydrogens (primary N) is 1. The molecule has 0 bridgehead atoms. The minimum absolute atomic E-state index is 0.0233. The van der Waals surface area contributed by atoms with E-state index in [0.29, 0.717) is 31.2 Å². The summed E-state index contributed by atoms with van der Waals surface area (Å²) in [5, 5.41) is 2.91. The van der Waals surface area contributed by atoms with Crippen molar-refractivity contribution in [3.63, 3.8) is 0 Å². The first-order chi connectivity index (χ1) is 7.65. The molecule has 2 fully saturated rings. The van der Waals surface area contributed by atoms with Crippen LogP contribution in [0.3, 0.4) is 0 Å². The number of amides is 1. The Hall–Kier alpha value is -0.640. The molecular formula is C12H21FN2O. The van der Waals surface area contributed by atoms with Crippen LogP contribution >= 0.6 is 0 Å². The first-order valence-electron chi connectivity index (χ1n) is 6.35. The van der Waals surface area contributed by atoms with E-state index in [1.54, 1.807) is 0 Å². The van der Waals surface area contributed by atoms with Crippen LogP contribution in [0.5, 0.6) is 0 Å². The molecule has 92 valence electrons. The van der Waals surface area contributed by atoms with Gasteiger partial charge in [-0.2, -0.15) is 0 Å². The molecule has 3 N–H and O–H groups in total. The van der Waals surface area contributed by atoms with Crippen LogP contribution < -0.4 is 11.1 Å². The first-order valence-corrected chi connectivity index (χ1v) is 6.35. The van der Waals surface area contributed by atoms with Crippen molar-refractivity contribution in [1.82, 2.24) is 5.32 Å². The average Bonchev–Trinajstić information content (AvgIpc) is 3.05. The van der Waals surface area contributed by atoms with E-state index in [9.17, 15) is 9.18 Å². The number of carbonyl (C=O) groups is 1. The summed E-state index contributed by atoms with van der Waals surface area (Å²) in [7, 11) is 0. The molecule has 1 amide bonds. The third-order valence-electron chi connectivity index (χ3n) is 3.62. The quantitative estimate of drug-likeness (QED) is 0.766. The van der Waals surface area contributed by atoms with Crippen molar-refractivity contribution in [3.05, 3.63) is 0 Å². The van der Waals surface area contributed by atoms with Crippen molar-refractivity contribution >= 4 is 5.91 Å². The minimum atomic E-state index is -0.632. The van der Waals surface area contributed by atoms with E-state index in [-0.39, 0.29) is 5.91 Å². The smallest absolute Gasteiger partial charge is 0.237 e. The van der Waals surface area contributed by atoms with Crippen molar-refractivity contribution in [2.24, 2.45) is 11.7 Å². The molecule has 4 heteroatoms. The van der Waals surface area contributed by atoms with E-state index in [2.05, 4.69) is 5.32 Å². The van der Waals surface area contributed by atoms with Gasteiger partial charge < -0.3 is 11.1 Å². The number of carbonyl (C=O) groups excluding carboxylic acids is 1. The fraction of sp³-hybridized carbons (Fsp3) is 0.917. The maximum Gasteiger partial charge on any atom is 0.237 e. The maximum atomic E-state index is 12.9. The molecule has 0 heterocycles. The molecule has 0 saturated heterocycles. The zero-order valence-corrected chi connectivity index (χ0v) is 9.62. The summed E-state index contributed by atoms with van der Waals surface area (Å²) in [5.41, 5.74) is 5.85. The Bertz CT molecular complexity index is 247. The second-order valence-corrected chi connectivity index (χ2v) is 5.24. The Morgan fingerprint density at radius 2 is 1.88 bits per heavy atom. The Labute approximate surface area is 96.0 Å². The highest BCUT2D eigenvalue weighted by Gasteiger charge is 2.28. The van der Waals surface area contributed by atoms with E-state index in [4.69, 9.17) is 5.73 Å². The van der Waals surface area contributed by atoms with E-state index in [1.807, 2.05) is 0 Å². The molecule has 16 heavy (non-hydrogen) atoms. The van der Waals surface area contributed by atoms with Gasteiger partial charge in [0.15, 0.2) is 0 Å². The molecule has 0 aromatic carbocycles. The van der Waals surface area contributed by atoms with Crippen LogP contribution in [0.2, 0.25) is 0 Å². The molecule has 0 aromatic heterocycles. The van der Waals surface area contributed by atoms with Gasteiger partial charge in [-0.05, 0) is 50.9 Å². The lowest BCUT2D eigenvalue weighted by molar-refractivity contribution is -0.122. The number of rotatable bonds is 4. The molecular weight excluding hydrogens is 207 g/mol. The number of nitrogens with one attached hydrogen (secondary N) is 1. The summed E-state index contributed by atoms with van der Waals surface area (Å²) in [5.74, 6) is 0.414. The Balaban J connectivity index is 1.69. The molecule has 2 aliphatic carbocycles. The summed E-state index contributed by atoms with van der Waals surface area (Å²) in [6.45, 7) is 0. The van der Waals surface area contributed by atoms with Crippen LogP contribution in [-0.4, -0.2) is 24.2 Å². The van der Waals surface area contributed by atoms with E-state index in [1.165, 1.54) is 0 Å². The highest BCUT2D eigenvalue weighted by atomic mass is 19.1. The van der Waals surface area contributed by atoms with Crippen molar-refractivity contribution in [1.29, 1.82) is 0 Å². The van der Waals surface area contributed by atoms with E-state index >= 15 is 0 Å². The molecule has 3 nitrogen and oxygen atoms in total. The number of hydrogen-bond acceptors (Lipinski definition) is 2. The standard InChI is InChI=1S/C12H21FN2O/c13-9-3-1-8(2-4-9)7-11(14)12(16)15-10-5-6-10/h8-11H,1-7,14H2,(H,15,16). The van der Waals surface area contributed by atoms with Crippen molar-refractivity contribution in [3.8, 4) is 0 Å². The highest BCUT2D eigenvalue weighted by Crippen LogP contribution is 2.29. The van der Waals surface area contributed by atoms with Crippen LogP contribution in [0.4, 0.5) is 4.39 Å². The van der Waals surface area contributed by atoms with Crippen LogP contribution in [0, 0.1) is 5.92 Å². The lowest BCUT2D eigenvalue weighted by Gasteiger charge is -2.26. The molecule has 0 radical (unpaired) electrons. The summed E-state index contributed by atoms with van der Waals surface area (Å²) < 4.78 is 12.9. The van der Waals surface area contributed by atoms with Gasteiger partial charge in [0.25, 0.3) is 0 Å². The molecule has 1 atom stereocenters. The summed E-state index contributed by atoms with van der Waals surface area (Å²) >= 11 is 0. The van der Waals surface area contributed by atoms with Crippen LogP contribution in [0.15, 0.2) is 0 Å². The van der Waals surface area contributed by atoms with Gasteiger partial charge in [0.2, 0.25) is 5.91 Å². The molecule has 0 aromatic rings. The third-order valence-corrected chi connectivity index (χ3v) is 3.62. The Morgan fingerprint density at radius 1 is 1.25 bits per heavy atom. The molecule has 2 aliphatic rings. The predicted octanol–water partition coefficient (Wildman–Crippen LogP) is 1.51. The second-order valence-electron chi connectivity index (χ2n) is 5.24. The predicted molar refractivity (Wildman–Crippen MR) is 60.6 cm³/mol. The average molecular weight is 228 g/mol. The number of alkyl halides is 1. The first kappa shape index (κ1) is 11.8. The fourth-order valence-corrected chi connectivity index (χ4v) is 2.36. The third kappa shape index (κ3) is 3.44. The van der Waals surface area contributed by atoms with Crippen LogP contribution in [0.25, 0.3) is 0 Å².